The number of hydrogen-bond donors (Lipinski definition) is 0. The number of nitro benzene ring substituents is 1. The summed E-state index contributed by atoms with van der Waals surface area (Å²) in [4.78, 5) is 39.3. The molecule has 0 amide bonds. The van der Waals surface area contributed by atoms with Crippen molar-refractivity contribution in [3.8, 4) is 0 Å². The Morgan fingerprint density at radius 3 is 2.85 bits per heavy atom. The number of ether oxygens (including phenoxy) is 1. The summed E-state index contributed by atoms with van der Waals surface area (Å²) in [6.45, 7) is 3.29. The molecule has 3 aromatic rings. The van der Waals surface area contributed by atoms with Crippen LogP contribution in [-0.2, 0) is 17.8 Å². The Hall–Kier alpha value is -3.14. The number of rotatable bonds is 5. The monoisotopic (exact) mass is 374 g/mol. The van der Waals surface area contributed by atoms with Gasteiger partial charge in [-0.3, -0.25) is 14.9 Å². The minimum atomic E-state index is -0.728. The molecule has 0 saturated heterocycles. The lowest BCUT2D eigenvalue weighted by atomic mass is 10.1. The van der Waals surface area contributed by atoms with Crippen molar-refractivity contribution in [3.63, 3.8) is 0 Å². The average molecular weight is 374 g/mol. The lowest BCUT2D eigenvalue weighted by Crippen LogP contribution is -2.16. The first-order chi connectivity index (χ1) is 12.4. The van der Waals surface area contributed by atoms with Crippen LogP contribution in [0, 0.1) is 17.0 Å². The van der Waals surface area contributed by atoms with E-state index in [0.717, 1.165) is 5.01 Å². The van der Waals surface area contributed by atoms with Crippen LogP contribution in [0.1, 0.15) is 33.5 Å². The molecule has 0 bridgehead atoms. The Labute approximate surface area is 151 Å². The molecule has 1 aromatic carbocycles. The molecule has 134 valence electrons. The van der Waals surface area contributed by atoms with E-state index in [2.05, 4.69) is 10.1 Å². The van der Waals surface area contributed by atoms with Gasteiger partial charge in [-0.1, -0.05) is 24.3 Å². The molecule has 2 aromatic heterocycles. The van der Waals surface area contributed by atoms with Crippen molar-refractivity contribution in [3.05, 3.63) is 66.6 Å². The number of nitro groups is 1. The van der Waals surface area contributed by atoms with Crippen LogP contribution in [0.15, 0.2) is 29.1 Å². The summed E-state index contributed by atoms with van der Waals surface area (Å²) in [5.41, 5.74) is 0.281. The van der Waals surface area contributed by atoms with E-state index in [1.807, 2.05) is 6.92 Å². The van der Waals surface area contributed by atoms with Gasteiger partial charge in [0, 0.05) is 17.7 Å². The number of aromatic nitrogens is 3. The molecule has 0 radical (unpaired) electrons. The molecule has 0 aliphatic rings. The Morgan fingerprint density at radius 2 is 2.15 bits per heavy atom. The highest BCUT2D eigenvalue weighted by atomic mass is 32.1. The van der Waals surface area contributed by atoms with Gasteiger partial charge in [-0.25, -0.2) is 9.78 Å². The summed E-state index contributed by atoms with van der Waals surface area (Å²) in [5.74, 6) is -0.728. The molecular weight excluding hydrogens is 360 g/mol. The first-order valence-electron chi connectivity index (χ1n) is 7.70. The summed E-state index contributed by atoms with van der Waals surface area (Å²) in [6.07, 6.45) is 0.685. The predicted molar refractivity (Wildman–Crippen MR) is 93.5 cm³/mol. The molecule has 3 rings (SSSR count). The summed E-state index contributed by atoms with van der Waals surface area (Å²) in [5, 5.41) is 15.9. The van der Waals surface area contributed by atoms with Crippen LogP contribution in [0.25, 0.3) is 4.96 Å². The zero-order chi connectivity index (χ0) is 18.8. The van der Waals surface area contributed by atoms with Gasteiger partial charge in [-0.05, 0) is 19.4 Å². The van der Waals surface area contributed by atoms with Gasteiger partial charge >= 0.3 is 5.97 Å². The first kappa shape index (κ1) is 17.7. The van der Waals surface area contributed by atoms with Crippen molar-refractivity contribution in [1.29, 1.82) is 0 Å². The molecule has 2 heterocycles. The van der Waals surface area contributed by atoms with Crippen LogP contribution in [-0.4, -0.2) is 25.5 Å². The SMILES string of the molecule is CCc1nn2c(=O)cc(COC(=O)c3ccc(C)c([N+](=O)[O-])c3)nc2s1. The number of fused-ring (bicyclic) bond motifs is 1. The van der Waals surface area contributed by atoms with Crippen molar-refractivity contribution in [2.24, 2.45) is 0 Å². The summed E-state index contributed by atoms with van der Waals surface area (Å²) < 4.78 is 6.34. The lowest BCUT2D eigenvalue weighted by molar-refractivity contribution is -0.385. The molecule has 0 saturated carbocycles. The number of aryl methyl sites for hydroxylation is 2. The van der Waals surface area contributed by atoms with Gasteiger partial charge in [0.1, 0.15) is 11.6 Å². The number of hydrogen-bond acceptors (Lipinski definition) is 8. The normalized spacial score (nSPS) is 10.8. The molecule has 0 unspecified atom stereocenters. The maximum Gasteiger partial charge on any atom is 0.338 e. The van der Waals surface area contributed by atoms with Gasteiger partial charge in [0.05, 0.1) is 16.2 Å². The lowest BCUT2D eigenvalue weighted by Gasteiger charge is -2.05. The number of carbonyl (C=O) groups is 1. The van der Waals surface area contributed by atoms with Gasteiger partial charge < -0.3 is 4.74 Å². The van der Waals surface area contributed by atoms with Crippen LogP contribution >= 0.6 is 11.3 Å². The standard InChI is InChI=1S/C16H14N4O5S/c1-3-13-18-19-14(21)7-11(17-16(19)26-13)8-25-15(22)10-5-4-9(2)12(6-10)20(23)24/h4-7H,3,8H2,1-2H3. The third-order valence-electron chi connectivity index (χ3n) is 3.64. The quantitative estimate of drug-likeness (QED) is 0.382. The second kappa shape index (κ2) is 7.00. The fraction of sp³-hybridized carbons (Fsp3) is 0.250. The summed E-state index contributed by atoms with van der Waals surface area (Å²) >= 11 is 1.29. The predicted octanol–water partition coefficient (Wildman–Crippen LogP) is 2.29. The molecule has 0 spiro atoms. The van der Waals surface area contributed by atoms with E-state index in [4.69, 9.17) is 4.74 Å². The van der Waals surface area contributed by atoms with E-state index in [1.165, 1.54) is 40.1 Å². The average Bonchev–Trinajstić information content (AvgIpc) is 3.03. The number of esters is 1. The van der Waals surface area contributed by atoms with Crippen molar-refractivity contribution < 1.29 is 14.5 Å². The fourth-order valence-corrected chi connectivity index (χ4v) is 3.13. The second-order valence-electron chi connectivity index (χ2n) is 5.46. The molecule has 0 aliphatic carbocycles. The molecule has 9 nitrogen and oxygen atoms in total. The number of carbonyl (C=O) groups excluding carboxylic acids is 1. The number of nitrogens with zero attached hydrogens (tertiary/aromatic N) is 4. The van der Waals surface area contributed by atoms with E-state index >= 15 is 0 Å². The van der Waals surface area contributed by atoms with Gasteiger partial charge in [0.2, 0.25) is 4.96 Å². The molecule has 10 heteroatoms. The minimum Gasteiger partial charge on any atom is -0.456 e. The van der Waals surface area contributed by atoms with Crippen LogP contribution in [0.2, 0.25) is 0 Å². The summed E-state index contributed by atoms with van der Waals surface area (Å²) in [7, 11) is 0. The van der Waals surface area contributed by atoms with Crippen LogP contribution in [0.4, 0.5) is 5.69 Å². The smallest absolute Gasteiger partial charge is 0.338 e. The molecule has 0 fully saturated rings. The van der Waals surface area contributed by atoms with E-state index in [9.17, 15) is 19.7 Å². The maximum absolute atomic E-state index is 12.1. The fourth-order valence-electron chi connectivity index (χ4n) is 2.27. The van der Waals surface area contributed by atoms with E-state index < -0.39 is 10.9 Å². The largest absolute Gasteiger partial charge is 0.456 e. The highest BCUT2D eigenvalue weighted by Crippen LogP contribution is 2.20. The van der Waals surface area contributed by atoms with Crippen molar-refractivity contribution >= 4 is 28.0 Å². The van der Waals surface area contributed by atoms with E-state index in [0.29, 0.717) is 16.9 Å². The highest BCUT2D eigenvalue weighted by molar-refractivity contribution is 7.16. The third kappa shape index (κ3) is 3.45. The minimum absolute atomic E-state index is 0.0613. The topological polar surface area (TPSA) is 117 Å². The van der Waals surface area contributed by atoms with Crippen molar-refractivity contribution in [1.82, 2.24) is 14.6 Å². The Kier molecular flexibility index (Phi) is 4.76. The van der Waals surface area contributed by atoms with E-state index in [-0.39, 0.29) is 29.1 Å². The molecular formula is C16H14N4O5S. The Balaban J connectivity index is 1.79. The highest BCUT2D eigenvalue weighted by Gasteiger charge is 2.16. The van der Waals surface area contributed by atoms with E-state index in [1.54, 1.807) is 6.92 Å². The number of benzene rings is 1. The Bertz CT molecular complexity index is 1070. The zero-order valence-electron chi connectivity index (χ0n) is 14.0. The van der Waals surface area contributed by atoms with Gasteiger partial charge in [0.25, 0.3) is 11.2 Å². The molecule has 0 aliphatic heterocycles. The molecule has 0 N–H and O–H groups in total. The van der Waals surface area contributed by atoms with Crippen LogP contribution < -0.4 is 5.56 Å². The third-order valence-corrected chi connectivity index (χ3v) is 4.69. The maximum atomic E-state index is 12.1. The zero-order valence-corrected chi connectivity index (χ0v) is 14.8. The van der Waals surface area contributed by atoms with Gasteiger partial charge in [-0.2, -0.15) is 9.61 Å². The second-order valence-corrected chi connectivity index (χ2v) is 6.50. The van der Waals surface area contributed by atoms with Crippen molar-refractivity contribution in [2.45, 2.75) is 26.9 Å². The first-order valence-corrected chi connectivity index (χ1v) is 8.51. The Morgan fingerprint density at radius 1 is 1.38 bits per heavy atom. The van der Waals surface area contributed by atoms with Crippen molar-refractivity contribution in [2.75, 3.05) is 0 Å². The van der Waals surface area contributed by atoms with Crippen LogP contribution in [0.5, 0.6) is 0 Å². The molecule has 0 atom stereocenters. The summed E-state index contributed by atoms with van der Waals surface area (Å²) in [6, 6.07) is 5.35. The van der Waals surface area contributed by atoms with Crippen LogP contribution in [0.3, 0.4) is 0 Å². The van der Waals surface area contributed by atoms with Gasteiger partial charge in [-0.15, -0.1) is 0 Å². The van der Waals surface area contributed by atoms with Gasteiger partial charge in [0.15, 0.2) is 0 Å². The molecule has 26 heavy (non-hydrogen) atoms.